The number of halogens is 2. The zero-order chi connectivity index (χ0) is 22.7. The Hall–Kier alpha value is -3.04. The van der Waals surface area contributed by atoms with Crippen LogP contribution in [-0.4, -0.2) is 21.6 Å². The summed E-state index contributed by atoms with van der Waals surface area (Å²) in [6.45, 7) is 1.70. The van der Waals surface area contributed by atoms with Crippen molar-refractivity contribution in [1.29, 1.82) is 0 Å². The number of H-pyrrole nitrogens is 1. The molecule has 0 fully saturated rings. The Morgan fingerprint density at radius 2 is 1.97 bits per heavy atom. The molecule has 1 amide bonds. The van der Waals surface area contributed by atoms with E-state index in [9.17, 15) is 18.4 Å². The maximum Gasteiger partial charge on any atom is 0.260 e. The Labute approximate surface area is 190 Å². The second-order valence-corrected chi connectivity index (χ2v) is 9.01. The predicted molar refractivity (Wildman–Crippen MR) is 125 cm³/mol. The van der Waals surface area contributed by atoms with Crippen molar-refractivity contribution in [2.45, 2.75) is 18.7 Å². The van der Waals surface area contributed by atoms with Gasteiger partial charge in [0.25, 0.3) is 5.56 Å². The largest absolute Gasteiger partial charge is 0.349 e. The Balaban J connectivity index is 1.37. The Morgan fingerprint density at radius 1 is 1.19 bits per heavy atom. The van der Waals surface area contributed by atoms with Gasteiger partial charge in [0.05, 0.1) is 22.9 Å². The number of thioether (sulfide) groups is 1. The minimum absolute atomic E-state index is 0.134. The van der Waals surface area contributed by atoms with Crippen LogP contribution in [0.1, 0.15) is 24.4 Å². The molecule has 0 saturated heterocycles. The second kappa shape index (κ2) is 9.62. The van der Waals surface area contributed by atoms with Crippen molar-refractivity contribution in [1.82, 2.24) is 15.3 Å². The van der Waals surface area contributed by atoms with Gasteiger partial charge in [-0.2, -0.15) is 0 Å². The van der Waals surface area contributed by atoms with Crippen molar-refractivity contribution < 1.29 is 13.6 Å². The zero-order valence-electron chi connectivity index (χ0n) is 17.0. The molecule has 4 rings (SSSR count). The van der Waals surface area contributed by atoms with Gasteiger partial charge < -0.3 is 10.3 Å². The van der Waals surface area contributed by atoms with Crippen LogP contribution in [0.15, 0.2) is 58.7 Å². The summed E-state index contributed by atoms with van der Waals surface area (Å²) >= 11 is 2.71. The number of carbonyl (C=O) groups excluding carboxylic acids is 1. The Morgan fingerprint density at radius 3 is 2.72 bits per heavy atom. The highest BCUT2D eigenvalue weighted by Crippen LogP contribution is 2.30. The van der Waals surface area contributed by atoms with Crippen molar-refractivity contribution in [2.75, 3.05) is 5.75 Å². The van der Waals surface area contributed by atoms with Gasteiger partial charge in [0.15, 0.2) is 11.6 Å². The monoisotopic (exact) mass is 471 g/mol. The van der Waals surface area contributed by atoms with E-state index >= 15 is 0 Å². The molecule has 0 aliphatic heterocycles. The number of rotatable bonds is 7. The van der Waals surface area contributed by atoms with Crippen LogP contribution < -0.4 is 10.9 Å². The highest BCUT2D eigenvalue weighted by molar-refractivity contribution is 7.99. The maximum absolute atomic E-state index is 13.4. The van der Waals surface area contributed by atoms with Crippen LogP contribution in [0.4, 0.5) is 8.78 Å². The summed E-state index contributed by atoms with van der Waals surface area (Å²) < 4.78 is 26.5. The highest BCUT2D eigenvalue weighted by Gasteiger charge is 2.15. The molecule has 0 bridgehead atoms. The van der Waals surface area contributed by atoms with Crippen molar-refractivity contribution in [3.8, 4) is 11.1 Å². The standard InChI is InChI=1S/C23H19F2N3O2S2/c1-13(15-7-8-17(24)18(25)9-15)26-20(29)12-31-11-19-27-22(30)21-16(10-32-23(21)28-19)14-5-3-2-4-6-14/h2-10,13H,11-12H2,1H3,(H,26,29)(H,27,28,30). The van der Waals surface area contributed by atoms with Gasteiger partial charge in [0, 0.05) is 10.9 Å². The fourth-order valence-electron chi connectivity index (χ4n) is 3.28. The van der Waals surface area contributed by atoms with E-state index in [2.05, 4.69) is 15.3 Å². The molecule has 2 N–H and O–H groups in total. The van der Waals surface area contributed by atoms with Gasteiger partial charge in [-0.25, -0.2) is 13.8 Å². The third kappa shape index (κ3) is 4.89. The molecule has 0 saturated carbocycles. The van der Waals surface area contributed by atoms with E-state index in [0.717, 1.165) is 23.3 Å². The third-order valence-electron chi connectivity index (χ3n) is 4.87. The summed E-state index contributed by atoms with van der Waals surface area (Å²) in [4.78, 5) is 32.9. The molecular weight excluding hydrogens is 452 g/mol. The number of aromatic nitrogens is 2. The van der Waals surface area contributed by atoms with E-state index in [1.807, 2.05) is 35.7 Å². The van der Waals surface area contributed by atoms with Crippen LogP contribution in [0.3, 0.4) is 0 Å². The first kappa shape index (κ1) is 22.2. The smallest absolute Gasteiger partial charge is 0.260 e. The minimum Gasteiger partial charge on any atom is -0.349 e. The summed E-state index contributed by atoms with van der Waals surface area (Å²) in [5, 5.41) is 5.24. The average Bonchev–Trinajstić information content (AvgIpc) is 3.21. The molecule has 2 aromatic heterocycles. The van der Waals surface area contributed by atoms with Gasteiger partial charge in [-0.15, -0.1) is 23.1 Å². The SMILES string of the molecule is CC(NC(=O)CSCc1nc2scc(-c3ccccc3)c2c(=O)[nH]1)c1ccc(F)c(F)c1. The van der Waals surface area contributed by atoms with E-state index in [1.165, 1.54) is 29.2 Å². The van der Waals surface area contributed by atoms with Crippen LogP contribution in [0.25, 0.3) is 21.3 Å². The lowest BCUT2D eigenvalue weighted by molar-refractivity contribution is -0.119. The van der Waals surface area contributed by atoms with E-state index in [-0.39, 0.29) is 17.2 Å². The number of hydrogen-bond acceptors (Lipinski definition) is 5. The normalized spacial score (nSPS) is 12.1. The van der Waals surface area contributed by atoms with Gasteiger partial charge in [0.2, 0.25) is 5.91 Å². The molecule has 0 aliphatic carbocycles. The molecule has 0 radical (unpaired) electrons. The second-order valence-electron chi connectivity index (χ2n) is 7.16. The van der Waals surface area contributed by atoms with Gasteiger partial charge in [0.1, 0.15) is 10.7 Å². The summed E-state index contributed by atoms with van der Waals surface area (Å²) in [6.07, 6.45) is 0. The lowest BCUT2D eigenvalue weighted by atomic mass is 10.1. The Bertz CT molecular complexity index is 1320. The van der Waals surface area contributed by atoms with Crippen LogP contribution in [0, 0.1) is 11.6 Å². The van der Waals surface area contributed by atoms with E-state index in [4.69, 9.17) is 0 Å². The summed E-state index contributed by atoms with van der Waals surface area (Å²) in [7, 11) is 0. The fraction of sp³-hybridized carbons (Fsp3) is 0.174. The third-order valence-corrected chi connectivity index (χ3v) is 6.69. The summed E-state index contributed by atoms with van der Waals surface area (Å²) in [6, 6.07) is 12.7. The van der Waals surface area contributed by atoms with Crippen molar-refractivity contribution >= 4 is 39.2 Å². The first-order valence-corrected chi connectivity index (χ1v) is 11.8. The molecule has 0 aliphatic rings. The molecule has 1 atom stereocenters. The van der Waals surface area contributed by atoms with E-state index in [1.54, 1.807) is 6.92 Å². The number of amides is 1. The number of hydrogen-bond donors (Lipinski definition) is 2. The molecule has 0 spiro atoms. The predicted octanol–water partition coefficient (Wildman–Crippen LogP) is 5.04. The summed E-state index contributed by atoms with van der Waals surface area (Å²) in [5.74, 6) is -1.14. The zero-order valence-corrected chi connectivity index (χ0v) is 18.7. The van der Waals surface area contributed by atoms with Gasteiger partial charge >= 0.3 is 0 Å². The number of aromatic amines is 1. The van der Waals surface area contributed by atoms with E-state index < -0.39 is 17.7 Å². The maximum atomic E-state index is 13.4. The molecule has 32 heavy (non-hydrogen) atoms. The number of nitrogens with zero attached hydrogens (tertiary/aromatic N) is 1. The quantitative estimate of drug-likeness (QED) is 0.396. The summed E-state index contributed by atoms with van der Waals surface area (Å²) in [5.41, 5.74) is 2.08. The van der Waals surface area contributed by atoms with Crippen LogP contribution >= 0.6 is 23.1 Å². The van der Waals surface area contributed by atoms with Crippen LogP contribution in [-0.2, 0) is 10.5 Å². The number of benzene rings is 2. The molecule has 2 heterocycles. The molecule has 9 heteroatoms. The van der Waals surface area contributed by atoms with Crippen molar-refractivity contribution in [3.05, 3.63) is 87.3 Å². The molecular formula is C23H19F2N3O2S2. The van der Waals surface area contributed by atoms with Gasteiger partial charge in [-0.3, -0.25) is 9.59 Å². The Kier molecular flexibility index (Phi) is 6.66. The lowest BCUT2D eigenvalue weighted by Gasteiger charge is -2.14. The van der Waals surface area contributed by atoms with Crippen molar-refractivity contribution in [2.24, 2.45) is 0 Å². The van der Waals surface area contributed by atoms with Crippen LogP contribution in [0.2, 0.25) is 0 Å². The van der Waals surface area contributed by atoms with E-state index in [0.29, 0.717) is 27.4 Å². The van der Waals surface area contributed by atoms with Crippen LogP contribution in [0.5, 0.6) is 0 Å². The highest BCUT2D eigenvalue weighted by atomic mass is 32.2. The first-order valence-electron chi connectivity index (χ1n) is 9.80. The number of carbonyl (C=O) groups is 1. The number of nitrogens with one attached hydrogen (secondary N) is 2. The average molecular weight is 472 g/mol. The minimum atomic E-state index is -0.951. The van der Waals surface area contributed by atoms with Crippen molar-refractivity contribution in [3.63, 3.8) is 0 Å². The number of thiophene rings is 1. The molecule has 2 aromatic carbocycles. The molecule has 4 aromatic rings. The number of fused-ring (bicyclic) bond motifs is 1. The first-order chi connectivity index (χ1) is 15.4. The van der Waals surface area contributed by atoms with Gasteiger partial charge in [-0.1, -0.05) is 36.4 Å². The lowest BCUT2D eigenvalue weighted by Crippen LogP contribution is -2.28. The topological polar surface area (TPSA) is 74.8 Å². The molecule has 1 unspecified atom stereocenters. The molecule has 164 valence electrons. The van der Waals surface area contributed by atoms with Gasteiger partial charge in [-0.05, 0) is 30.2 Å². The molecule has 5 nitrogen and oxygen atoms in total. The fourth-order valence-corrected chi connectivity index (χ4v) is 4.95.